The standard InChI is InChI=1S/C11H12FN5/c12-9-3-8(4-10(13)5-9)11-14-15-16-17(11)6-7-1-2-7/h3-5,7H,1-2,6,13H2. The van der Waals surface area contributed by atoms with E-state index in [9.17, 15) is 4.39 Å². The monoisotopic (exact) mass is 233 g/mol. The average molecular weight is 233 g/mol. The number of nitrogens with zero attached hydrogens (tertiary/aromatic N) is 4. The van der Waals surface area contributed by atoms with Gasteiger partial charge in [-0.25, -0.2) is 9.07 Å². The van der Waals surface area contributed by atoms with Crippen LogP contribution in [0.5, 0.6) is 0 Å². The van der Waals surface area contributed by atoms with Crippen molar-refractivity contribution in [2.24, 2.45) is 5.92 Å². The minimum atomic E-state index is -0.374. The lowest BCUT2D eigenvalue weighted by Gasteiger charge is -2.04. The highest BCUT2D eigenvalue weighted by Gasteiger charge is 2.24. The van der Waals surface area contributed by atoms with E-state index < -0.39 is 0 Å². The predicted octanol–water partition coefficient (Wildman–Crippen LogP) is 1.47. The highest BCUT2D eigenvalue weighted by Crippen LogP contribution is 2.31. The zero-order valence-corrected chi connectivity index (χ0v) is 9.17. The molecule has 6 heteroatoms. The summed E-state index contributed by atoms with van der Waals surface area (Å²) in [6, 6.07) is 4.35. The van der Waals surface area contributed by atoms with Crippen LogP contribution < -0.4 is 5.73 Å². The van der Waals surface area contributed by atoms with E-state index in [1.54, 1.807) is 10.7 Å². The fraction of sp³-hybridized carbons (Fsp3) is 0.364. The Labute approximate surface area is 97.4 Å². The van der Waals surface area contributed by atoms with Crippen LogP contribution >= 0.6 is 0 Å². The maximum Gasteiger partial charge on any atom is 0.182 e. The van der Waals surface area contributed by atoms with Crippen LogP contribution in [-0.4, -0.2) is 20.2 Å². The Hall–Kier alpha value is -1.98. The van der Waals surface area contributed by atoms with Crippen LogP contribution in [0.1, 0.15) is 12.8 Å². The zero-order valence-electron chi connectivity index (χ0n) is 9.17. The third-order valence-electron chi connectivity index (χ3n) is 2.84. The van der Waals surface area contributed by atoms with Crippen LogP contribution in [0, 0.1) is 11.7 Å². The summed E-state index contributed by atoms with van der Waals surface area (Å²) < 4.78 is 15.0. The molecular weight excluding hydrogens is 221 g/mol. The quantitative estimate of drug-likeness (QED) is 0.815. The molecule has 0 unspecified atom stereocenters. The summed E-state index contributed by atoms with van der Waals surface area (Å²) in [7, 11) is 0. The van der Waals surface area contributed by atoms with E-state index in [4.69, 9.17) is 5.73 Å². The lowest BCUT2D eigenvalue weighted by molar-refractivity contribution is 0.548. The summed E-state index contributed by atoms with van der Waals surface area (Å²) in [4.78, 5) is 0. The van der Waals surface area contributed by atoms with Crippen molar-refractivity contribution in [1.82, 2.24) is 20.2 Å². The highest BCUT2D eigenvalue weighted by atomic mass is 19.1. The fourth-order valence-electron chi connectivity index (χ4n) is 1.82. The maximum absolute atomic E-state index is 13.3. The van der Waals surface area contributed by atoms with Gasteiger partial charge < -0.3 is 5.73 Å². The van der Waals surface area contributed by atoms with Crippen LogP contribution in [0.3, 0.4) is 0 Å². The largest absolute Gasteiger partial charge is 0.399 e. The number of nitrogen functional groups attached to an aromatic ring is 1. The van der Waals surface area contributed by atoms with E-state index in [2.05, 4.69) is 15.5 Å². The Morgan fingerprint density at radius 3 is 2.88 bits per heavy atom. The topological polar surface area (TPSA) is 69.6 Å². The van der Waals surface area contributed by atoms with Gasteiger partial charge in [-0.05, 0) is 47.4 Å². The Morgan fingerprint density at radius 1 is 1.35 bits per heavy atom. The van der Waals surface area contributed by atoms with E-state index in [0.29, 0.717) is 23.0 Å². The second-order valence-corrected chi connectivity index (χ2v) is 4.40. The summed E-state index contributed by atoms with van der Waals surface area (Å²) >= 11 is 0. The SMILES string of the molecule is Nc1cc(F)cc(-c2nnnn2CC2CC2)c1. The second-order valence-electron chi connectivity index (χ2n) is 4.40. The molecule has 0 amide bonds. The van der Waals surface area contributed by atoms with Gasteiger partial charge in [-0.1, -0.05) is 0 Å². The van der Waals surface area contributed by atoms with Crippen molar-refractivity contribution < 1.29 is 4.39 Å². The minimum absolute atomic E-state index is 0.374. The van der Waals surface area contributed by atoms with Gasteiger partial charge in [0.15, 0.2) is 5.82 Å². The van der Waals surface area contributed by atoms with E-state index in [1.165, 1.54) is 25.0 Å². The lowest BCUT2D eigenvalue weighted by Crippen LogP contribution is -2.05. The highest BCUT2D eigenvalue weighted by molar-refractivity contribution is 5.61. The first-order valence-corrected chi connectivity index (χ1v) is 5.55. The van der Waals surface area contributed by atoms with Gasteiger partial charge in [0.1, 0.15) is 5.82 Å². The molecule has 1 aliphatic carbocycles. The molecule has 0 saturated heterocycles. The van der Waals surface area contributed by atoms with Crippen molar-refractivity contribution in [3.63, 3.8) is 0 Å². The number of hydrogen-bond donors (Lipinski definition) is 1. The molecule has 88 valence electrons. The van der Waals surface area contributed by atoms with Gasteiger partial charge in [-0.2, -0.15) is 0 Å². The Kier molecular flexibility index (Phi) is 2.28. The van der Waals surface area contributed by atoms with Crippen molar-refractivity contribution >= 4 is 5.69 Å². The van der Waals surface area contributed by atoms with Crippen molar-refractivity contribution in [2.45, 2.75) is 19.4 Å². The number of rotatable bonds is 3. The molecule has 0 atom stereocenters. The molecule has 0 spiro atoms. The number of hydrogen-bond acceptors (Lipinski definition) is 4. The molecule has 1 heterocycles. The Bertz CT molecular complexity index is 526. The van der Waals surface area contributed by atoms with E-state index in [0.717, 1.165) is 6.54 Å². The number of tetrazole rings is 1. The zero-order chi connectivity index (χ0) is 11.8. The molecule has 2 aromatic rings. The summed E-state index contributed by atoms with van der Waals surface area (Å²) in [6.45, 7) is 0.790. The Balaban J connectivity index is 1.98. The molecule has 0 radical (unpaired) electrons. The summed E-state index contributed by atoms with van der Waals surface area (Å²) in [5.41, 5.74) is 6.61. The van der Waals surface area contributed by atoms with Crippen LogP contribution in [0.4, 0.5) is 10.1 Å². The molecule has 0 bridgehead atoms. The van der Waals surface area contributed by atoms with Crippen LogP contribution in [0.25, 0.3) is 11.4 Å². The van der Waals surface area contributed by atoms with Gasteiger partial charge in [-0.3, -0.25) is 0 Å². The van der Waals surface area contributed by atoms with Gasteiger partial charge in [0, 0.05) is 17.8 Å². The van der Waals surface area contributed by atoms with E-state index >= 15 is 0 Å². The lowest BCUT2D eigenvalue weighted by atomic mass is 10.2. The van der Waals surface area contributed by atoms with Gasteiger partial charge in [0.2, 0.25) is 0 Å². The van der Waals surface area contributed by atoms with E-state index in [-0.39, 0.29) is 5.82 Å². The number of aromatic nitrogens is 4. The summed E-state index contributed by atoms with van der Waals surface area (Å²) in [5.74, 6) is 0.854. The van der Waals surface area contributed by atoms with Crippen LogP contribution in [0.2, 0.25) is 0 Å². The maximum atomic E-state index is 13.3. The molecule has 0 aliphatic heterocycles. The number of anilines is 1. The first-order chi connectivity index (χ1) is 8.22. The van der Waals surface area contributed by atoms with Crippen molar-refractivity contribution in [3.05, 3.63) is 24.0 Å². The first kappa shape index (κ1) is 10.2. The van der Waals surface area contributed by atoms with Crippen molar-refractivity contribution in [1.29, 1.82) is 0 Å². The number of benzene rings is 1. The van der Waals surface area contributed by atoms with Gasteiger partial charge in [0.05, 0.1) is 0 Å². The Morgan fingerprint density at radius 2 is 2.18 bits per heavy atom. The molecule has 17 heavy (non-hydrogen) atoms. The molecular formula is C11H12FN5. The van der Waals surface area contributed by atoms with Crippen LogP contribution in [0.15, 0.2) is 18.2 Å². The van der Waals surface area contributed by atoms with Gasteiger partial charge >= 0.3 is 0 Å². The molecule has 2 N–H and O–H groups in total. The molecule has 1 aromatic carbocycles. The predicted molar refractivity (Wildman–Crippen MR) is 60.3 cm³/mol. The smallest absolute Gasteiger partial charge is 0.182 e. The van der Waals surface area contributed by atoms with Crippen LogP contribution in [-0.2, 0) is 6.54 Å². The average Bonchev–Trinajstić information content (AvgIpc) is 2.93. The van der Waals surface area contributed by atoms with Crippen molar-refractivity contribution in [2.75, 3.05) is 5.73 Å². The molecule has 1 aliphatic rings. The summed E-state index contributed by atoms with van der Waals surface area (Å²) in [5, 5.41) is 11.5. The fourth-order valence-corrected chi connectivity index (χ4v) is 1.82. The van der Waals surface area contributed by atoms with Crippen molar-refractivity contribution in [3.8, 4) is 11.4 Å². The molecule has 1 fully saturated rings. The number of halogens is 1. The minimum Gasteiger partial charge on any atom is -0.399 e. The molecule has 1 aromatic heterocycles. The third kappa shape index (κ3) is 2.11. The molecule has 1 saturated carbocycles. The third-order valence-corrected chi connectivity index (χ3v) is 2.84. The van der Waals surface area contributed by atoms with Gasteiger partial charge in [-0.15, -0.1) is 5.10 Å². The first-order valence-electron chi connectivity index (χ1n) is 5.55. The molecule has 3 rings (SSSR count). The number of nitrogens with two attached hydrogens (primary N) is 1. The normalized spacial score (nSPS) is 15.1. The molecule has 5 nitrogen and oxygen atoms in total. The van der Waals surface area contributed by atoms with Gasteiger partial charge in [0.25, 0.3) is 0 Å². The summed E-state index contributed by atoms with van der Waals surface area (Å²) in [6.07, 6.45) is 2.43. The second kappa shape index (κ2) is 3.80. The van der Waals surface area contributed by atoms with E-state index in [1.807, 2.05) is 0 Å².